The van der Waals surface area contributed by atoms with Gasteiger partial charge in [0.05, 0.1) is 24.5 Å². The molecule has 1 aromatic heterocycles. The molecule has 154 valence electrons. The molecule has 7 nitrogen and oxygen atoms in total. The Balaban J connectivity index is 1.29. The quantitative estimate of drug-likeness (QED) is 0.751. The van der Waals surface area contributed by atoms with Crippen LogP contribution in [0.2, 0.25) is 0 Å². The van der Waals surface area contributed by atoms with E-state index < -0.39 is 0 Å². The second-order valence-corrected chi connectivity index (χ2v) is 7.54. The highest BCUT2D eigenvalue weighted by Crippen LogP contribution is 2.22. The van der Waals surface area contributed by atoms with E-state index in [-0.39, 0.29) is 5.91 Å². The van der Waals surface area contributed by atoms with E-state index in [1.165, 1.54) is 18.5 Å². The second kappa shape index (κ2) is 9.71. The Morgan fingerprint density at radius 2 is 1.76 bits per heavy atom. The summed E-state index contributed by atoms with van der Waals surface area (Å²) in [5, 5.41) is 6.32. The van der Waals surface area contributed by atoms with Crippen LogP contribution in [0.5, 0.6) is 0 Å². The highest BCUT2D eigenvalue weighted by molar-refractivity contribution is 6.04. The lowest BCUT2D eigenvalue weighted by Gasteiger charge is -2.26. The summed E-state index contributed by atoms with van der Waals surface area (Å²) in [7, 11) is 0. The van der Waals surface area contributed by atoms with Gasteiger partial charge in [0.2, 0.25) is 0 Å². The van der Waals surface area contributed by atoms with E-state index in [0.717, 1.165) is 63.9 Å². The van der Waals surface area contributed by atoms with Crippen LogP contribution >= 0.6 is 0 Å². The van der Waals surface area contributed by atoms with Crippen molar-refractivity contribution in [2.45, 2.75) is 12.8 Å². The first-order valence-electron chi connectivity index (χ1n) is 10.4. The summed E-state index contributed by atoms with van der Waals surface area (Å²) < 4.78 is 5.37. The van der Waals surface area contributed by atoms with Gasteiger partial charge >= 0.3 is 0 Å². The number of nitrogens with one attached hydrogen (secondary N) is 2. The van der Waals surface area contributed by atoms with Crippen molar-refractivity contribution in [2.24, 2.45) is 0 Å². The topological polar surface area (TPSA) is 69.7 Å². The van der Waals surface area contributed by atoms with Crippen LogP contribution in [0.1, 0.15) is 23.2 Å². The molecule has 7 heteroatoms. The average Bonchev–Trinajstić information content (AvgIpc) is 3.30. The van der Waals surface area contributed by atoms with Crippen LogP contribution < -0.4 is 15.5 Å². The average molecular weight is 396 g/mol. The monoisotopic (exact) mass is 395 g/mol. The predicted octanol–water partition coefficient (Wildman–Crippen LogP) is 2.68. The summed E-state index contributed by atoms with van der Waals surface area (Å²) in [6.07, 6.45) is 5.85. The smallest absolute Gasteiger partial charge is 0.257 e. The van der Waals surface area contributed by atoms with Gasteiger partial charge in [-0.2, -0.15) is 0 Å². The molecule has 0 aliphatic carbocycles. The Morgan fingerprint density at radius 3 is 2.52 bits per heavy atom. The number of hydrogen-bond donors (Lipinski definition) is 2. The minimum atomic E-state index is -0.150. The second-order valence-electron chi connectivity index (χ2n) is 7.54. The SMILES string of the molecule is O=C(Nc1ccc(N2CCCC2)cc1)c1cncc(NCCN2CCOCC2)c1. The molecule has 2 saturated heterocycles. The molecule has 0 radical (unpaired) electrons. The summed E-state index contributed by atoms with van der Waals surface area (Å²) in [6.45, 7) is 7.53. The predicted molar refractivity (Wildman–Crippen MR) is 116 cm³/mol. The lowest BCUT2D eigenvalue weighted by atomic mass is 10.2. The molecule has 1 amide bonds. The molecule has 29 heavy (non-hydrogen) atoms. The summed E-state index contributed by atoms with van der Waals surface area (Å²) in [6, 6.07) is 9.92. The van der Waals surface area contributed by atoms with Crippen LogP contribution in [-0.4, -0.2) is 68.3 Å². The molecule has 2 N–H and O–H groups in total. The molecular weight excluding hydrogens is 366 g/mol. The molecule has 0 saturated carbocycles. The van der Waals surface area contributed by atoms with Gasteiger partial charge in [-0.05, 0) is 43.2 Å². The maximum atomic E-state index is 12.6. The minimum Gasteiger partial charge on any atom is -0.382 e. The van der Waals surface area contributed by atoms with Gasteiger partial charge in [-0.1, -0.05) is 0 Å². The lowest BCUT2D eigenvalue weighted by Crippen LogP contribution is -2.39. The number of hydrogen-bond acceptors (Lipinski definition) is 6. The Labute approximate surface area is 172 Å². The number of anilines is 3. The third kappa shape index (κ3) is 5.46. The van der Waals surface area contributed by atoms with Crippen molar-refractivity contribution in [3.05, 3.63) is 48.3 Å². The Morgan fingerprint density at radius 1 is 1.00 bits per heavy atom. The van der Waals surface area contributed by atoms with Crippen LogP contribution in [0.15, 0.2) is 42.7 Å². The van der Waals surface area contributed by atoms with Gasteiger partial charge in [-0.25, -0.2) is 0 Å². The van der Waals surface area contributed by atoms with Crippen molar-refractivity contribution in [3.8, 4) is 0 Å². The van der Waals surface area contributed by atoms with E-state index in [4.69, 9.17) is 4.74 Å². The van der Waals surface area contributed by atoms with E-state index >= 15 is 0 Å². The van der Waals surface area contributed by atoms with Gasteiger partial charge in [0.15, 0.2) is 0 Å². The van der Waals surface area contributed by atoms with Crippen LogP contribution in [0.25, 0.3) is 0 Å². The number of nitrogens with zero attached hydrogens (tertiary/aromatic N) is 3. The van der Waals surface area contributed by atoms with Crippen molar-refractivity contribution >= 4 is 23.0 Å². The van der Waals surface area contributed by atoms with Gasteiger partial charge in [0, 0.05) is 63.0 Å². The molecule has 2 fully saturated rings. The largest absolute Gasteiger partial charge is 0.382 e. The van der Waals surface area contributed by atoms with Crippen molar-refractivity contribution in [1.82, 2.24) is 9.88 Å². The fourth-order valence-electron chi connectivity index (χ4n) is 3.78. The van der Waals surface area contributed by atoms with Gasteiger partial charge in [-0.15, -0.1) is 0 Å². The first-order valence-corrected chi connectivity index (χ1v) is 10.4. The van der Waals surface area contributed by atoms with Crippen molar-refractivity contribution in [1.29, 1.82) is 0 Å². The van der Waals surface area contributed by atoms with Crippen LogP contribution in [0, 0.1) is 0 Å². The third-order valence-corrected chi connectivity index (χ3v) is 5.46. The number of morpholine rings is 1. The van der Waals surface area contributed by atoms with E-state index in [1.807, 2.05) is 18.2 Å². The maximum absolute atomic E-state index is 12.6. The number of benzene rings is 1. The summed E-state index contributed by atoms with van der Waals surface area (Å²) in [4.78, 5) is 21.6. The van der Waals surface area contributed by atoms with Crippen LogP contribution in [-0.2, 0) is 4.74 Å². The Bertz CT molecular complexity index is 799. The standard InChI is InChI=1S/C22H29N5O2/c28-22(25-19-3-5-21(6-4-19)27-8-1-2-9-27)18-15-20(17-23-16-18)24-7-10-26-11-13-29-14-12-26/h3-6,15-17,24H,1-2,7-14H2,(H,25,28). The number of pyridine rings is 1. The first-order chi connectivity index (χ1) is 14.3. The number of carbonyl (C=O) groups excluding carboxylic acids is 1. The molecule has 2 aliphatic rings. The molecule has 1 aromatic carbocycles. The van der Waals surface area contributed by atoms with Crippen molar-refractivity contribution < 1.29 is 9.53 Å². The molecule has 0 spiro atoms. The molecule has 0 atom stereocenters. The molecule has 0 bridgehead atoms. The molecule has 4 rings (SSSR count). The molecule has 2 aliphatic heterocycles. The van der Waals surface area contributed by atoms with Gasteiger partial charge in [0.1, 0.15) is 0 Å². The summed E-state index contributed by atoms with van der Waals surface area (Å²) >= 11 is 0. The zero-order valence-corrected chi connectivity index (χ0v) is 16.8. The zero-order valence-electron chi connectivity index (χ0n) is 16.8. The number of carbonyl (C=O) groups is 1. The number of amides is 1. The van der Waals surface area contributed by atoms with E-state index in [9.17, 15) is 4.79 Å². The van der Waals surface area contributed by atoms with Gasteiger partial charge in [0.25, 0.3) is 5.91 Å². The molecule has 0 unspecified atom stereocenters. The molecule has 3 heterocycles. The van der Waals surface area contributed by atoms with Crippen molar-refractivity contribution in [3.63, 3.8) is 0 Å². The van der Waals surface area contributed by atoms with Crippen LogP contribution in [0.4, 0.5) is 17.1 Å². The fourth-order valence-corrected chi connectivity index (χ4v) is 3.78. The van der Waals surface area contributed by atoms with Crippen LogP contribution in [0.3, 0.4) is 0 Å². The highest BCUT2D eigenvalue weighted by atomic mass is 16.5. The normalized spacial score (nSPS) is 17.3. The Hall–Kier alpha value is -2.64. The van der Waals surface area contributed by atoms with Crippen molar-refractivity contribution in [2.75, 3.05) is 68.0 Å². The van der Waals surface area contributed by atoms with E-state index in [0.29, 0.717) is 5.56 Å². The van der Waals surface area contributed by atoms with Gasteiger partial charge in [-0.3, -0.25) is 14.7 Å². The zero-order chi connectivity index (χ0) is 19.9. The summed E-state index contributed by atoms with van der Waals surface area (Å²) in [5.41, 5.74) is 3.41. The van der Waals surface area contributed by atoms with Gasteiger partial charge < -0.3 is 20.3 Å². The number of aromatic nitrogens is 1. The summed E-state index contributed by atoms with van der Waals surface area (Å²) in [5.74, 6) is -0.150. The maximum Gasteiger partial charge on any atom is 0.257 e. The Kier molecular flexibility index (Phi) is 6.59. The minimum absolute atomic E-state index is 0.150. The highest BCUT2D eigenvalue weighted by Gasteiger charge is 2.13. The van der Waals surface area contributed by atoms with E-state index in [1.54, 1.807) is 12.4 Å². The van der Waals surface area contributed by atoms with E-state index in [2.05, 4.69) is 37.6 Å². The first kappa shape index (κ1) is 19.7. The molecule has 2 aromatic rings. The number of rotatable bonds is 7. The third-order valence-electron chi connectivity index (χ3n) is 5.46. The molecular formula is C22H29N5O2. The fraction of sp³-hybridized carbons (Fsp3) is 0.455. The lowest BCUT2D eigenvalue weighted by molar-refractivity contribution is 0.0398. The number of ether oxygens (including phenoxy) is 1.